The minimum Gasteiger partial charge on any atom is -0.497 e. The quantitative estimate of drug-likeness (QED) is 0.377. The standard InChI is InChI=1S/C22H30N4O2.C14H19N3O2/c1-25-10-12-26(13-11-25)22(27)20-14-17-4-3-5-19(21(17)24-20)23-15-16-6-8-18(28-2)9-7-16;1-16-5-7-17(8-6-16)14(19)11-9-10-3-2-4-12(18)13(10)15-11/h6-9,14,19,23-24H,3-5,10-13,15H2,1-2H3;9,15H,2-8H2,1H3. The van der Waals surface area contributed by atoms with Gasteiger partial charge >= 0.3 is 0 Å². The lowest BCUT2D eigenvalue weighted by atomic mass is 9.93. The highest BCUT2D eigenvalue weighted by Gasteiger charge is 2.28. The molecule has 2 amide bonds. The molecule has 11 heteroatoms. The minimum absolute atomic E-state index is 0.0234. The van der Waals surface area contributed by atoms with Gasteiger partial charge in [0.1, 0.15) is 17.1 Å². The zero-order valence-corrected chi connectivity index (χ0v) is 28.1. The zero-order chi connectivity index (χ0) is 32.9. The number of benzene rings is 1. The van der Waals surface area contributed by atoms with Crippen LogP contribution < -0.4 is 10.1 Å². The second-order valence-corrected chi connectivity index (χ2v) is 13.3. The summed E-state index contributed by atoms with van der Waals surface area (Å²) in [5.41, 5.74) is 6.69. The van der Waals surface area contributed by atoms with Crippen LogP contribution in [-0.2, 0) is 19.4 Å². The van der Waals surface area contributed by atoms with Gasteiger partial charge in [-0.05, 0) is 87.2 Å². The lowest BCUT2D eigenvalue weighted by molar-refractivity contribution is 0.0651. The molecule has 3 aromatic rings. The van der Waals surface area contributed by atoms with E-state index < -0.39 is 0 Å². The molecule has 11 nitrogen and oxygen atoms in total. The van der Waals surface area contributed by atoms with Crippen molar-refractivity contribution in [3.8, 4) is 5.75 Å². The average molecular weight is 644 g/mol. The van der Waals surface area contributed by atoms with Crippen LogP contribution in [0.15, 0.2) is 36.4 Å². The van der Waals surface area contributed by atoms with Crippen molar-refractivity contribution in [2.24, 2.45) is 0 Å². The number of nitrogens with zero attached hydrogens (tertiary/aromatic N) is 4. The van der Waals surface area contributed by atoms with Gasteiger partial charge in [0.05, 0.1) is 12.8 Å². The molecule has 1 atom stereocenters. The molecule has 2 aliphatic heterocycles. The number of ether oxygens (including phenoxy) is 1. The second-order valence-electron chi connectivity index (χ2n) is 13.3. The Balaban J connectivity index is 0.000000177. The fourth-order valence-corrected chi connectivity index (χ4v) is 6.96. The summed E-state index contributed by atoms with van der Waals surface area (Å²) in [6, 6.07) is 12.4. The number of aromatic nitrogens is 2. The maximum atomic E-state index is 12.9. The Morgan fingerprint density at radius 1 is 0.787 bits per heavy atom. The van der Waals surface area contributed by atoms with Gasteiger partial charge in [0.2, 0.25) is 0 Å². The molecule has 2 aliphatic carbocycles. The van der Waals surface area contributed by atoms with Crippen LogP contribution >= 0.6 is 0 Å². The van der Waals surface area contributed by atoms with Crippen molar-refractivity contribution in [1.82, 2.24) is 34.9 Å². The number of fused-ring (bicyclic) bond motifs is 2. The number of hydrogen-bond donors (Lipinski definition) is 3. The summed E-state index contributed by atoms with van der Waals surface area (Å²) in [7, 11) is 5.85. The van der Waals surface area contributed by atoms with Gasteiger partial charge in [0.15, 0.2) is 5.78 Å². The predicted octanol–water partition coefficient (Wildman–Crippen LogP) is 3.50. The molecular formula is C36H49N7O4. The SMILES string of the molecule is CN1CCN(C(=O)c2cc3c([nH]2)C(=O)CCC3)CC1.COc1ccc(CNC2CCCc3cc(C(=O)N4CCN(C)CC4)[nH]c32)cc1. The van der Waals surface area contributed by atoms with Gasteiger partial charge in [-0.15, -0.1) is 0 Å². The number of H-pyrrole nitrogens is 2. The van der Waals surface area contributed by atoms with Gasteiger partial charge < -0.3 is 39.6 Å². The predicted molar refractivity (Wildman–Crippen MR) is 181 cm³/mol. The number of rotatable bonds is 6. The number of likely N-dealkylation sites (N-methyl/N-ethyl adjacent to an activating group) is 2. The minimum atomic E-state index is 0.0234. The van der Waals surface area contributed by atoms with Crippen LogP contribution in [0.25, 0.3) is 0 Å². The van der Waals surface area contributed by atoms with E-state index in [1.165, 1.54) is 16.8 Å². The number of hydrogen-bond acceptors (Lipinski definition) is 7. The van der Waals surface area contributed by atoms with Gasteiger partial charge in [0.25, 0.3) is 11.8 Å². The normalized spacial score (nSPS) is 20.2. The molecule has 0 saturated carbocycles. The first kappa shape index (κ1) is 33.0. The van der Waals surface area contributed by atoms with Crippen LogP contribution in [0.3, 0.4) is 0 Å². The largest absolute Gasteiger partial charge is 0.497 e. The molecule has 0 radical (unpaired) electrons. The molecule has 1 aromatic carbocycles. The Labute approximate surface area is 277 Å². The smallest absolute Gasteiger partial charge is 0.270 e. The number of carbonyl (C=O) groups is 3. The molecule has 1 unspecified atom stereocenters. The van der Waals surface area contributed by atoms with Crippen LogP contribution in [0, 0.1) is 0 Å². The number of carbonyl (C=O) groups excluding carboxylic acids is 3. The lowest BCUT2D eigenvalue weighted by Crippen LogP contribution is -2.47. The Morgan fingerprint density at radius 2 is 1.36 bits per heavy atom. The molecule has 4 aliphatic rings. The number of nitrogens with one attached hydrogen (secondary N) is 3. The van der Waals surface area contributed by atoms with Crippen LogP contribution in [0.1, 0.15) is 85.6 Å². The summed E-state index contributed by atoms with van der Waals surface area (Å²) in [5.74, 6) is 1.17. The molecule has 2 fully saturated rings. The van der Waals surface area contributed by atoms with Crippen molar-refractivity contribution in [3.05, 3.63) is 75.9 Å². The first-order chi connectivity index (χ1) is 22.8. The number of piperazine rings is 2. The van der Waals surface area contributed by atoms with E-state index in [4.69, 9.17) is 4.74 Å². The molecular weight excluding hydrogens is 594 g/mol. The number of aryl methyl sites for hydroxylation is 2. The fraction of sp³-hybridized carbons (Fsp3) is 0.528. The van der Waals surface area contributed by atoms with Crippen molar-refractivity contribution in [3.63, 3.8) is 0 Å². The highest BCUT2D eigenvalue weighted by molar-refractivity contribution is 6.00. The topological polar surface area (TPSA) is 117 Å². The Kier molecular flexibility index (Phi) is 10.4. The third kappa shape index (κ3) is 7.80. The van der Waals surface area contributed by atoms with Crippen LogP contribution in [0.5, 0.6) is 5.75 Å². The van der Waals surface area contributed by atoms with Crippen LogP contribution in [-0.4, -0.2) is 121 Å². The van der Waals surface area contributed by atoms with E-state index in [2.05, 4.69) is 57.4 Å². The summed E-state index contributed by atoms with van der Waals surface area (Å²) >= 11 is 0. The van der Waals surface area contributed by atoms with Crippen molar-refractivity contribution in [1.29, 1.82) is 0 Å². The van der Waals surface area contributed by atoms with E-state index in [1.807, 2.05) is 28.0 Å². The van der Waals surface area contributed by atoms with Gasteiger partial charge in [-0.2, -0.15) is 0 Å². The second kappa shape index (κ2) is 14.9. The monoisotopic (exact) mass is 643 g/mol. The molecule has 7 rings (SSSR count). The third-order valence-corrected chi connectivity index (χ3v) is 10.0. The number of methoxy groups -OCH3 is 1. The summed E-state index contributed by atoms with van der Waals surface area (Å²) in [6.45, 7) is 7.62. The first-order valence-electron chi connectivity index (χ1n) is 17.1. The molecule has 3 N–H and O–H groups in total. The lowest BCUT2D eigenvalue weighted by Gasteiger charge is -2.32. The number of ketones is 1. The summed E-state index contributed by atoms with van der Waals surface area (Å²) in [5, 5.41) is 3.67. The van der Waals surface area contributed by atoms with Crippen molar-refractivity contribution >= 4 is 17.6 Å². The summed E-state index contributed by atoms with van der Waals surface area (Å²) < 4.78 is 5.23. The van der Waals surface area contributed by atoms with Gasteiger partial charge in [0, 0.05) is 77.1 Å². The van der Waals surface area contributed by atoms with E-state index in [-0.39, 0.29) is 23.6 Å². The number of aromatic amines is 2. The Bertz CT molecular complexity index is 1550. The number of Topliss-reactive ketones (excluding diaryl/α,β-unsaturated/α-hetero) is 1. The van der Waals surface area contributed by atoms with E-state index in [1.54, 1.807) is 7.11 Å². The van der Waals surface area contributed by atoms with E-state index in [9.17, 15) is 14.4 Å². The molecule has 0 bridgehead atoms. The summed E-state index contributed by atoms with van der Waals surface area (Å²) in [4.78, 5) is 51.9. The first-order valence-corrected chi connectivity index (χ1v) is 17.1. The molecule has 252 valence electrons. The average Bonchev–Trinajstić information content (AvgIpc) is 3.74. The molecule has 47 heavy (non-hydrogen) atoms. The highest BCUT2D eigenvalue weighted by atomic mass is 16.5. The fourth-order valence-electron chi connectivity index (χ4n) is 6.96. The highest BCUT2D eigenvalue weighted by Crippen LogP contribution is 2.31. The van der Waals surface area contributed by atoms with Crippen molar-refractivity contribution < 1.29 is 19.1 Å². The van der Waals surface area contributed by atoms with E-state index in [0.29, 0.717) is 17.8 Å². The van der Waals surface area contributed by atoms with Crippen LogP contribution in [0.4, 0.5) is 0 Å². The van der Waals surface area contributed by atoms with Gasteiger partial charge in [-0.1, -0.05) is 12.1 Å². The molecule has 2 aromatic heterocycles. The maximum Gasteiger partial charge on any atom is 0.270 e. The van der Waals surface area contributed by atoms with E-state index >= 15 is 0 Å². The Hall–Kier alpha value is -3.93. The summed E-state index contributed by atoms with van der Waals surface area (Å²) in [6.07, 6.45) is 5.66. The van der Waals surface area contributed by atoms with Crippen molar-refractivity contribution in [2.75, 3.05) is 73.6 Å². The Morgan fingerprint density at radius 3 is 1.96 bits per heavy atom. The van der Waals surface area contributed by atoms with Gasteiger partial charge in [-0.25, -0.2) is 0 Å². The van der Waals surface area contributed by atoms with Gasteiger partial charge in [-0.3, -0.25) is 14.4 Å². The number of amides is 2. The van der Waals surface area contributed by atoms with Crippen molar-refractivity contribution in [2.45, 2.75) is 51.1 Å². The van der Waals surface area contributed by atoms with E-state index in [0.717, 1.165) is 108 Å². The maximum absolute atomic E-state index is 12.9. The zero-order valence-electron chi connectivity index (χ0n) is 28.1. The molecule has 0 spiro atoms. The molecule has 4 heterocycles. The van der Waals surface area contributed by atoms with Crippen LogP contribution in [0.2, 0.25) is 0 Å². The molecule has 2 saturated heterocycles. The third-order valence-electron chi connectivity index (χ3n) is 10.0.